The molecule has 0 unspecified atom stereocenters. The first kappa shape index (κ1) is 20.8. The minimum absolute atomic E-state index is 0.847. The van der Waals surface area contributed by atoms with Gasteiger partial charge in [-0.3, -0.25) is 0 Å². The highest BCUT2D eigenvalue weighted by atomic mass is 15.1. The number of benzene rings is 5. The molecular formula is C32H27N. The van der Waals surface area contributed by atoms with Crippen molar-refractivity contribution >= 4 is 5.69 Å². The molecule has 0 bridgehead atoms. The number of nitrogens with zero attached hydrogens (tertiary/aromatic N) is 1. The standard InChI is InChI=1S/C32H27N/c1-5-13-26(14-6-1)24-33(25-27-15-7-2-8-16-27)32-22-21-30(28-17-9-3-10-18-28)23-31(32)29-19-11-4-12-20-29/h1-23H,24-25H2. The van der Waals surface area contributed by atoms with E-state index in [1.165, 1.54) is 39.1 Å². The second-order valence-electron chi connectivity index (χ2n) is 8.29. The summed E-state index contributed by atoms with van der Waals surface area (Å²) in [5, 5.41) is 0. The molecule has 0 fully saturated rings. The Morgan fingerprint density at radius 1 is 0.394 bits per heavy atom. The quantitative estimate of drug-likeness (QED) is 0.254. The van der Waals surface area contributed by atoms with Gasteiger partial charge in [0.2, 0.25) is 0 Å². The Bertz CT molecular complexity index is 1240. The van der Waals surface area contributed by atoms with E-state index in [-0.39, 0.29) is 0 Å². The van der Waals surface area contributed by atoms with Crippen molar-refractivity contribution in [2.45, 2.75) is 13.1 Å². The van der Waals surface area contributed by atoms with E-state index >= 15 is 0 Å². The zero-order valence-electron chi connectivity index (χ0n) is 18.6. The molecule has 0 N–H and O–H groups in total. The highest BCUT2D eigenvalue weighted by Gasteiger charge is 2.15. The summed E-state index contributed by atoms with van der Waals surface area (Å²) >= 11 is 0. The van der Waals surface area contributed by atoms with Crippen molar-refractivity contribution in [2.75, 3.05) is 4.90 Å². The molecule has 160 valence electrons. The molecule has 0 radical (unpaired) electrons. The van der Waals surface area contributed by atoms with Crippen LogP contribution in [0.2, 0.25) is 0 Å². The van der Waals surface area contributed by atoms with Crippen LogP contribution in [0, 0.1) is 0 Å². The average Bonchev–Trinajstić information content (AvgIpc) is 2.90. The van der Waals surface area contributed by atoms with Gasteiger partial charge in [-0.1, -0.05) is 127 Å². The SMILES string of the molecule is c1ccc(CN(Cc2ccccc2)c2ccc(-c3ccccc3)cc2-c2ccccc2)cc1. The van der Waals surface area contributed by atoms with Crippen molar-refractivity contribution < 1.29 is 0 Å². The summed E-state index contributed by atoms with van der Waals surface area (Å²) < 4.78 is 0. The highest BCUT2D eigenvalue weighted by molar-refractivity contribution is 5.83. The molecule has 5 rings (SSSR count). The van der Waals surface area contributed by atoms with Gasteiger partial charge < -0.3 is 4.90 Å². The second-order valence-corrected chi connectivity index (χ2v) is 8.29. The van der Waals surface area contributed by atoms with E-state index in [2.05, 4.69) is 144 Å². The minimum atomic E-state index is 0.847. The van der Waals surface area contributed by atoms with Gasteiger partial charge in [0.05, 0.1) is 0 Å². The van der Waals surface area contributed by atoms with Crippen molar-refractivity contribution in [1.29, 1.82) is 0 Å². The van der Waals surface area contributed by atoms with Crippen LogP contribution in [0.1, 0.15) is 11.1 Å². The van der Waals surface area contributed by atoms with Crippen molar-refractivity contribution in [2.24, 2.45) is 0 Å². The first-order chi connectivity index (χ1) is 16.4. The summed E-state index contributed by atoms with van der Waals surface area (Å²) in [5.74, 6) is 0. The summed E-state index contributed by atoms with van der Waals surface area (Å²) in [6.45, 7) is 1.69. The predicted molar refractivity (Wildman–Crippen MR) is 140 cm³/mol. The van der Waals surface area contributed by atoms with E-state index in [4.69, 9.17) is 0 Å². The maximum absolute atomic E-state index is 2.49. The Hall–Kier alpha value is -4.10. The molecule has 0 aliphatic heterocycles. The number of rotatable bonds is 7. The largest absolute Gasteiger partial charge is 0.362 e. The molecule has 33 heavy (non-hydrogen) atoms. The summed E-state index contributed by atoms with van der Waals surface area (Å²) in [6.07, 6.45) is 0. The third-order valence-corrected chi connectivity index (χ3v) is 5.96. The lowest BCUT2D eigenvalue weighted by Gasteiger charge is -2.28. The monoisotopic (exact) mass is 425 g/mol. The Labute approximate surface area is 196 Å². The molecule has 0 aliphatic rings. The lowest BCUT2D eigenvalue weighted by molar-refractivity contribution is 0.801. The van der Waals surface area contributed by atoms with Crippen LogP contribution in [0.3, 0.4) is 0 Å². The van der Waals surface area contributed by atoms with Gasteiger partial charge in [-0.15, -0.1) is 0 Å². The molecule has 5 aromatic rings. The van der Waals surface area contributed by atoms with E-state index in [1.54, 1.807) is 0 Å². The van der Waals surface area contributed by atoms with Crippen LogP contribution < -0.4 is 4.90 Å². The van der Waals surface area contributed by atoms with Gasteiger partial charge in [0.15, 0.2) is 0 Å². The Kier molecular flexibility index (Phi) is 6.31. The predicted octanol–water partition coefficient (Wildman–Crippen LogP) is 8.23. The molecule has 1 heteroatoms. The molecule has 1 nitrogen and oxygen atoms in total. The zero-order chi connectivity index (χ0) is 22.3. The van der Waals surface area contributed by atoms with Crippen LogP contribution in [-0.2, 0) is 13.1 Å². The van der Waals surface area contributed by atoms with Gasteiger partial charge in [0.1, 0.15) is 0 Å². The van der Waals surface area contributed by atoms with Crippen LogP contribution in [0.4, 0.5) is 5.69 Å². The van der Waals surface area contributed by atoms with E-state index in [1.807, 2.05) is 0 Å². The normalized spacial score (nSPS) is 10.7. The highest BCUT2D eigenvalue weighted by Crippen LogP contribution is 2.36. The molecule has 0 amide bonds. The number of hydrogen-bond acceptors (Lipinski definition) is 1. The van der Waals surface area contributed by atoms with Crippen LogP contribution in [0.15, 0.2) is 140 Å². The third kappa shape index (κ3) is 5.05. The fourth-order valence-electron chi connectivity index (χ4n) is 4.30. The van der Waals surface area contributed by atoms with E-state index in [9.17, 15) is 0 Å². The van der Waals surface area contributed by atoms with Crippen molar-refractivity contribution in [3.8, 4) is 22.3 Å². The molecular weight excluding hydrogens is 398 g/mol. The van der Waals surface area contributed by atoms with Crippen LogP contribution in [0.25, 0.3) is 22.3 Å². The fourth-order valence-corrected chi connectivity index (χ4v) is 4.30. The Morgan fingerprint density at radius 2 is 0.848 bits per heavy atom. The van der Waals surface area contributed by atoms with Gasteiger partial charge in [-0.2, -0.15) is 0 Å². The van der Waals surface area contributed by atoms with E-state index in [0.717, 1.165) is 13.1 Å². The summed E-state index contributed by atoms with van der Waals surface area (Å²) in [4.78, 5) is 2.49. The van der Waals surface area contributed by atoms with Crippen LogP contribution in [0.5, 0.6) is 0 Å². The van der Waals surface area contributed by atoms with Gasteiger partial charge in [0, 0.05) is 24.3 Å². The smallest absolute Gasteiger partial charge is 0.0452 e. The summed E-state index contributed by atoms with van der Waals surface area (Å²) in [6, 6.07) is 49.7. The fraction of sp³-hybridized carbons (Fsp3) is 0.0625. The molecule has 0 atom stereocenters. The third-order valence-electron chi connectivity index (χ3n) is 5.96. The lowest BCUT2D eigenvalue weighted by atomic mass is 9.96. The van der Waals surface area contributed by atoms with E-state index < -0.39 is 0 Å². The number of hydrogen-bond donors (Lipinski definition) is 0. The first-order valence-electron chi connectivity index (χ1n) is 11.4. The summed E-state index contributed by atoms with van der Waals surface area (Å²) in [5.41, 5.74) is 8.81. The molecule has 0 heterocycles. The molecule has 0 aromatic heterocycles. The maximum atomic E-state index is 2.49. The molecule has 0 aliphatic carbocycles. The Morgan fingerprint density at radius 3 is 1.36 bits per heavy atom. The molecule has 0 spiro atoms. The average molecular weight is 426 g/mol. The maximum Gasteiger partial charge on any atom is 0.0452 e. The van der Waals surface area contributed by atoms with Gasteiger partial charge in [-0.05, 0) is 39.9 Å². The van der Waals surface area contributed by atoms with Gasteiger partial charge in [0.25, 0.3) is 0 Å². The van der Waals surface area contributed by atoms with E-state index in [0.29, 0.717) is 0 Å². The second kappa shape index (κ2) is 10.0. The van der Waals surface area contributed by atoms with Gasteiger partial charge >= 0.3 is 0 Å². The number of anilines is 1. The van der Waals surface area contributed by atoms with Crippen LogP contribution in [-0.4, -0.2) is 0 Å². The van der Waals surface area contributed by atoms with Crippen LogP contribution >= 0.6 is 0 Å². The molecule has 0 saturated heterocycles. The molecule has 0 saturated carbocycles. The van der Waals surface area contributed by atoms with Gasteiger partial charge in [-0.25, -0.2) is 0 Å². The summed E-state index contributed by atoms with van der Waals surface area (Å²) in [7, 11) is 0. The Balaban J connectivity index is 1.62. The first-order valence-corrected chi connectivity index (χ1v) is 11.4. The zero-order valence-corrected chi connectivity index (χ0v) is 18.6. The molecule has 5 aromatic carbocycles. The van der Waals surface area contributed by atoms with Crippen molar-refractivity contribution in [1.82, 2.24) is 0 Å². The van der Waals surface area contributed by atoms with Crippen molar-refractivity contribution in [3.63, 3.8) is 0 Å². The van der Waals surface area contributed by atoms with Crippen molar-refractivity contribution in [3.05, 3.63) is 151 Å². The minimum Gasteiger partial charge on any atom is -0.362 e. The topological polar surface area (TPSA) is 3.24 Å². The lowest BCUT2D eigenvalue weighted by Crippen LogP contribution is -2.22.